The van der Waals surface area contributed by atoms with Crippen molar-refractivity contribution in [2.45, 2.75) is 56.0 Å². The van der Waals surface area contributed by atoms with Gasteiger partial charge < -0.3 is 9.47 Å². The number of fused-ring (bicyclic) bond motifs is 1. The van der Waals surface area contributed by atoms with E-state index >= 15 is 0 Å². The van der Waals surface area contributed by atoms with E-state index < -0.39 is 55.0 Å². The molecule has 224 valence electrons. The first-order valence-electron chi connectivity index (χ1n) is 13.0. The molecular weight excluding hydrogens is 596 g/mol. The molecule has 3 aromatic rings. The summed E-state index contributed by atoms with van der Waals surface area (Å²) in [5.74, 6) is -0.832. The molecule has 0 aliphatic carbocycles. The fourth-order valence-corrected chi connectivity index (χ4v) is 7.35. The van der Waals surface area contributed by atoms with Gasteiger partial charge in [0.25, 0.3) is 0 Å². The van der Waals surface area contributed by atoms with Gasteiger partial charge in [0.2, 0.25) is 0 Å². The number of methoxy groups -OCH3 is 1. The maximum atomic E-state index is 14.5. The lowest BCUT2D eigenvalue weighted by Crippen LogP contribution is -2.37. The molecule has 3 aromatic carbocycles. The standard InChI is InChI=1S/C31H29ClF4O5S/c1-18(28-24(32)9-6-10-25(28)33)13-19-11-12-26-23(14-19)27(16-21(41-26)17-30(2,3)29(37)40-4)42(38,39)22-8-5-7-20(15-22)31(34,35)36/h5-15,21,27H,16-17H2,1-4H3/b18-13+/t21-,27+/m1/s1. The molecule has 0 spiro atoms. The predicted octanol–water partition coefficient (Wildman–Crippen LogP) is 8.31. The van der Waals surface area contributed by atoms with Gasteiger partial charge in [0.05, 0.1) is 33.3 Å². The average molecular weight is 625 g/mol. The maximum Gasteiger partial charge on any atom is 0.416 e. The van der Waals surface area contributed by atoms with Gasteiger partial charge >= 0.3 is 12.1 Å². The van der Waals surface area contributed by atoms with Crippen LogP contribution in [-0.2, 0) is 25.5 Å². The maximum absolute atomic E-state index is 14.5. The first-order valence-corrected chi connectivity index (χ1v) is 14.9. The van der Waals surface area contributed by atoms with E-state index in [2.05, 4.69) is 0 Å². The number of halogens is 5. The van der Waals surface area contributed by atoms with Gasteiger partial charge in [0.1, 0.15) is 17.7 Å². The van der Waals surface area contributed by atoms with Gasteiger partial charge in [-0.15, -0.1) is 0 Å². The van der Waals surface area contributed by atoms with Crippen LogP contribution in [0.4, 0.5) is 17.6 Å². The Hall–Kier alpha value is -3.37. The van der Waals surface area contributed by atoms with Gasteiger partial charge in [0, 0.05) is 17.5 Å². The van der Waals surface area contributed by atoms with Crippen LogP contribution in [-0.4, -0.2) is 27.6 Å². The van der Waals surface area contributed by atoms with Gasteiger partial charge in [-0.25, -0.2) is 12.8 Å². The van der Waals surface area contributed by atoms with Gasteiger partial charge in [-0.05, 0) is 80.8 Å². The summed E-state index contributed by atoms with van der Waals surface area (Å²) < 4.78 is 93.9. The van der Waals surface area contributed by atoms with Crippen LogP contribution < -0.4 is 4.74 Å². The average Bonchev–Trinajstić information content (AvgIpc) is 2.91. The van der Waals surface area contributed by atoms with Gasteiger partial charge in [-0.2, -0.15) is 13.2 Å². The molecule has 2 atom stereocenters. The molecule has 11 heteroatoms. The first kappa shape index (κ1) is 31.6. The minimum atomic E-state index is -4.74. The van der Waals surface area contributed by atoms with Crippen molar-refractivity contribution in [3.8, 4) is 5.75 Å². The highest BCUT2D eigenvalue weighted by atomic mass is 35.5. The van der Waals surface area contributed by atoms with Crippen LogP contribution in [0.5, 0.6) is 5.75 Å². The predicted molar refractivity (Wildman–Crippen MR) is 152 cm³/mol. The Bertz CT molecular complexity index is 1630. The van der Waals surface area contributed by atoms with Crippen LogP contribution in [0.3, 0.4) is 0 Å². The molecular formula is C31H29ClF4O5S. The first-order chi connectivity index (χ1) is 19.5. The second-order valence-corrected chi connectivity index (χ2v) is 13.4. The third-order valence-electron chi connectivity index (χ3n) is 7.23. The number of alkyl halides is 3. The largest absolute Gasteiger partial charge is 0.490 e. The highest BCUT2D eigenvalue weighted by Gasteiger charge is 2.42. The number of benzene rings is 3. The van der Waals surface area contributed by atoms with Crippen molar-refractivity contribution >= 4 is 39.1 Å². The van der Waals surface area contributed by atoms with E-state index in [0.717, 1.165) is 18.2 Å². The van der Waals surface area contributed by atoms with E-state index in [1.165, 1.54) is 19.2 Å². The molecule has 0 bridgehead atoms. The molecule has 0 saturated carbocycles. The fraction of sp³-hybridized carbons (Fsp3) is 0.323. The number of rotatable bonds is 7. The monoisotopic (exact) mass is 624 g/mol. The van der Waals surface area contributed by atoms with Crippen LogP contribution in [0.25, 0.3) is 11.6 Å². The number of ether oxygens (including phenoxy) is 2. The van der Waals surface area contributed by atoms with E-state index in [-0.39, 0.29) is 34.7 Å². The summed E-state index contributed by atoms with van der Waals surface area (Å²) in [6.07, 6.45) is -3.91. The lowest BCUT2D eigenvalue weighted by molar-refractivity contribution is -0.152. The smallest absolute Gasteiger partial charge is 0.416 e. The van der Waals surface area contributed by atoms with Crippen molar-refractivity contribution < 1.29 is 40.2 Å². The van der Waals surface area contributed by atoms with Crippen LogP contribution in [0, 0.1) is 11.2 Å². The zero-order valence-corrected chi connectivity index (χ0v) is 24.8. The molecule has 5 nitrogen and oxygen atoms in total. The van der Waals surface area contributed by atoms with E-state index in [1.807, 2.05) is 0 Å². The Morgan fingerprint density at radius 2 is 1.79 bits per heavy atom. The van der Waals surface area contributed by atoms with Gasteiger partial charge in [-0.3, -0.25) is 4.79 Å². The van der Waals surface area contributed by atoms with E-state index in [4.69, 9.17) is 21.1 Å². The van der Waals surface area contributed by atoms with E-state index in [9.17, 15) is 30.8 Å². The summed E-state index contributed by atoms with van der Waals surface area (Å²) in [5, 5.41) is -1.10. The third kappa shape index (κ3) is 6.49. The second-order valence-electron chi connectivity index (χ2n) is 10.8. The van der Waals surface area contributed by atoms with Crippen molar-refractivity contribution in [3.63, 3.8) is 0 Å². The Labute approximate surface area is 247 Å². The van der Waals surface area contributed by atoms with Crippen molar-refractivity contribution in [2.75, 3.05) is 7.11 Å². The SMILES string of the molecule is COC(=O)C(C)(C)C[C@H]1C[C@H](S(=O)(=O)c2cccc(C(F)(F)F)c2)c2cc(/C=C(\C)c3c(F)cccc3Cl)ccc2O1. The van der Waals surface area contributed by atoms with Crippen molar-refractivity contribution in [1.82, 2.24) is 0 Å². The Morgan fingerprint density at radius 3 is 2.43 bits per heavy atom. The normalized spacial score (nSPS) is 17.8. The summed E-state index contributed by atoms with van der Waals surface area (Å²) in [4.78, 5) is 11.9. The second kappa shape index (κ2) is 11.7. The molecule has 1 aliphatic rings. The van der Waals surface area contributed by atoms with Crippen molar-refractivity contribution in [3.05, 3.63) is 93.8 Å². The molecule has 0 radical (unpaired) electrons. The third-order valence-corrected chi connectivity index (χ3v) is 9.65. The number of hydrogen-bond donors (Lipinski definition) is 0. The Kier molecular flexibility index (Phi) is 8.81. The molecule has 0 fully saturated rings. The van der Waals surface area contributed by atoms with Crippen LogP contribution >= 0.6 is 11.6 Å². The van der Waals surface area contributed by atoms with Gasteiger partial charge in [-0.1, -0.05) is 35.9 Å². The molecule has 0 aromatic heterocycles. The van der Waals surface area contributed by atoms with E-state index in [1.54, 1.807) is 51.1 Å². The molecule has 0 N–H and O–H groups in total. The number of esters is 1. The summed E-state index contributed by atoms with van der Waals surface area (Å²) in [5.41, 5.74) is -0.711. The zero-order valence-electron chi connectivity index (χ0n) is 23.3. The number of hydrogen-bond acceptors (Lipinski definition) is 5. The minimum Gasteiger partial charge on any atom is -0.490 e. The fourth-order valence-electron chi connectivity index (χ4n) is 5.17. The topological polar surface area (TPSA) is 69.7 Å². The zero-order chi connectivity index (χ0) is 31.0. The molecule has 0 saturated heterocycles. The summed E-state index contributed by atoms with van der Waals surface area (Å²) in [6.45, 7) is 4.93. The van der Waals surface area contributed by atoms with Crippen LogP contribution in [0.1, 0.15) is 61.1 Å². The number of carbonyl (C=O) groups excluding carboxylic acids is 1. The number of sulfone groups is 1. The Morgan fingerprint density at radius 1 is 1.10 bits per heavy atom. The molecule has 42 heavy (non-hydrogen) atoms. The number of allylic oxidation sites excluding steroid dienone is 1. The Balaban J connectivity index is 1.82. The van der Waals surface area contributed by atoms with Crippen LogP contribution in [0.15, 0.2) is 65.6 Å². The molecule has 1 heterocycles. The number of carbonyl (C=O) groups is 1. The molecule has 0 amide bonds. The van der Waals surface area contributed by atoms with Crippen molar-refractivity contribution in [2.24, 2.45) is 5.41 Å². The summed E-state index contributed by atoms with van der Waals surface area (Å²) in [6, 6.07) is 12.7. The highest BCUT2D eigenvalue weighted by Crippen LogP contribution is 2.46. The lowest BCUT2D eigenvalue weighted by atomic mass is 9.84. The van der Waals surface area contributed by atoms with E-state index in [0.29, 0.717) is 17.2 Å². The van der Waals surface area contributed by atoms with Gasteiger partial charge in [0.15, 0.2) is 9.84 Å². The molecule has 4 rings (SSSR count). The quantitative estimate of drug-likeness (QED) is 0.150. The summed E-state index contributed by atoms with van der Waals surface area (Å²) >= 11 is 6.21. The summed E-state index contributed by atoms with van der Waals surface area (Å²) in [7, 11) is -3.14. The lowest BCUT2D eigenvalue weighted by Gasteiger charge is -2.35. The van der Waals surface area contributed by atoms with Crippen molar-refractivity contribution in [1.29, 1.82) is 0 Å². The molecule has 1 aliphatic heterocycles. The molecule has 0 unspecified atom stereocenters. The van der Waals surface area contributed by atoms with Crippen LogP contribution in [0.2, 0.25) is 5.02 Å². The minimum absolute atomic E-state index is 0.0975. The highest BCUT2D eigenvalue weighted by molar-refractivity contribution is 7.91.